The number of rotatable bonds is 4. The maximum absolute atomic E-state index is 12.2. The zero-order valence-electron chi connectivity index (χ0n) is 11.7. The molecule has 1 unspecified atom stereocenters. The zero-order chi connectivity index (χ0) is 14.8. The van der Waals surface area contributed by atoms with Crippen molar-refractivity contribution in [3.63, 3.8) is 0 Å². The summed E-state index contributed by atoms with van der Waals surface area (Å²) in [5, 5.41) is 0. The molecule has 1 aromatic carbocycles. The first-order valence-electron chi connectivity index (χ1n) is 6.53. The number of Topliss-reactive ketones (excluding diaryl/α,β-unsaturated/α-hetero) is 1. The number of hydrogen-bond acceptors (Lipinski definition) is 5. The molecule has 20 heavy (non-hydrogen) atoms. The molecule has 2 rings (SSSR count). The molecule has 1 heterocycles. The van der Waals surface area contributed by atoms with Gasteiger partial charge in [0.25, 0.3) is 0 Å². The molecule has 1 fully saturated rings. The molecule has 1 saturated heterocycles. The van der Waals surface area contributed by atoms with Crippen molar-refractivity contribution in [3.05, 3.63) is 29.8 Å². The summed E-state index contributed by atoms with van der Waals surface area (Å²) < 4.78 is 28.1. The Labute approximate surface area is 119 Å². The zero-order valence-corrected chi connectivity index (χ0v) is 12.5. The van der Waals surface area contributed by atoms with Crippen molar-refractivity contribution in [2.75, 3.05) is 31.7 Å². The lowest BCUT2D eigenvalue weighted by molar-refractivity contribution is 0.0908. The Morgan fingerprint density at radius 2 is 2.20 bits per heavy atom. The average molecular weight is 297 g/mol. The van der Waals surface area contributed by atoms with Crippen LogP contribution < -0.4 is 4.74 Å². The number of benzene rings is 1. The number of carbonyl (C=O) groups is 1. The first kappa shape index (κ1) is 15.0. The third kappa shape index (κ3) is 3.58. The Hall–Kier alpha value is -1.40. The molecule has 1 aromatic rings. The SMILES string of the molecule is COc1cccc(C(=O)CN2CCS(=O)(=O)CC2C)c1. The fourth-order valence-corrected chi connectivity index (χ4v) is 3.97. The predicted molar refractivity (Wildman–Crippen MR) is 77.0 cm³/mol. The molecule has 6 heteroatoms. The fourth-order valence-electron chi connectivity index (χ4n) is 2.34. The van der Waals surface area contributed by atoms with Gasteiger partial charge in [0.15, 0.2) is 15.6 Å². The van der Waals surface area contributed by atoms with E-state index in [1.54, 1.807) is 31.4 Å². The third-order valence-corrected chi connectivity index (χ3v) is 5.34. The lowest BCUT2D eigenvalue weighted by Crippen LogP contribution is -2.48. The highest BCUT2D eigenvalue weighted by molar-refractivity contribution is 7.91. The van der Waals surface area contributed by atoms with E-state index in [0.717, 1.165) is 0 Å². The van der Waals surface area contributed by atoms with Gasteiger partial charge in [-0.1, -0.05) is 12.1 Å². The highest BCUT2D eigenvalue weighted by Gasteiger charge is 2.29. The lowest BCUT2D eigenvalue weighted by Gasteiger charge is -2.32. The smallest absolute Gasteiger partial charge is 0.176 e. The molecule has 1 atom stereocenters. The molecule has 0 amide bonds. The van der Waals surface area contributed by atoms with Gasteiger partial charge < -0.3 is 4.74 Å². The van der Waals surface area contributed by atoms with Crippen LogP contribution in [0, 0.1) is 0 Å². The summed E-state index contributed by atoms with van der Waals surface area (Å²) in [6.45, 7) is 2.50. The van der Waals surface area contributed by atoms with Crippen LogP contribution in [0.3, 0.4) is 0 Å². The van der Waals surface area contributed by atoms with Crippen LogP contribution in [0.15, 0.2) is 24.3 Å². The minimum absolute atomic E-state index is 0.0185. The number of methoxy groups -OCH3 is 1. The summed E-state index contributed by atoms with van der Waals surface area (Å²) in [5.74, 6) is 0.876. The van der Waals surface area contributed by atoms with E-state index >= 15 is 0 Å². The van der Waals surface area contributed by atoms with Crippen molar-refractivity contribution in [2.24, 2.45) is 0 Å². The van der Waals surface area contributed by atoms with Crippen molar-refractivity contribution in [1.82, 2.24) is 4.90 Å². The Morgan fingerprint density at radius 1 is 1.45 bits per heavy atom. The molecule has 0 aromatic heterocycles. The van der Waals surface area contributed by atoms with Crippen LogP contribution in [-0.2, 0) is 9.84 Å². The number of ether oxygens (including phenoxy) is 1. The molecule has 0 aliphatic carbocycles. The molecule has 0 radical (unpaired) electrons. The van der Waals surface area contributed by atoms with E-state index in [2.05, 4.69) is 0 Å². The van der Waals surface area contributed by atoms with E-state index in [0.29, 0.717) is 17.9 Å². The number of ketones is 1. The van der Waals surface area contributed by atoms with Gasteiger partial charge in [0.1, 0.15) is 5.75 Å². The average Bonchev–Trinajstić information content (AvgIpc) is 2.41. The number of nitrogens with zero attached hydrogens (tertiary/aromatic N) is 1. The Kier molecular flexibility index (Phi) is 4.45. The number of carbonyl (C=O) groups excluding carboxylic acids is 1. The summed E-state index contributed by atoms with van der Waals surface area (Å²) in [4.78, 5) is 14.2. The van der Waals surface area contributed by atoms with Crippen LogP contribution in [-0.4, -0.2) is 56.8 Å². The molecule has 5 nitrogen and oxygen atoms in total. The van der Waals surface area contributed by atoms with Crippen LogP contribution in [0.25, 0.3) is 0 Å². The van der Waals surface area contributed by atoms with Gasteiger partial charge in [0, 0.05) is 18.2 Å². The maximum atomic E-state index is 12.2. The first-order valence-corrected chi connectivity index (χ1v) is 8.35. The van der Waals surface area contributed by atoms with E-state index in [1.807, 2.05) is 11.8 Å². The van der Waals surface area contributed by atoms with Gasteiger partial charge in [0.05, 0.1) is 25.2 Å². The number of sulfone groups is 1. The molecule has 0 bridgehead atoms. The van der Waals surface area contributed by atoms with Gasteiger partial charge in [-0.2, -0.15) is 0 Å². The summed E-state index contributed by atoms with van der Waals surface area (Å²) in [7, 11) is -1.39. The monoisotopic (exact) mass is 297 g/mol. The van der Waals surface area contributed by atoms with Crippen LogP contribution in [0.2, 0.25) is 0 Å². The van der Waals surface area contributed by atoms with Gasteiger partial charge in [-0.15, -0.1) is 0 Å². The largest absolute Gasteiger partial charge is 0.497 e. The minimum Gasteiger partial charge on any atom is -0.497 e. The Balaban J connectivity index is 2.04. The van der Waals surface area contributed by atoms with E-state index in [4.69, 9.17) is 4.74 Å². The van der Waals surface area contributed by atoms with Gasteiger partial charge in [-0.05, 0) is 19.1 Å². The van der Waals surface area contributed by atoms with Crippen molar-refractivity contribution in [2.45, 2.75) is 13.0 Å². The topological polar surface area (TPSA) is 63.7 Å². The minimum atomic E-state index is -2.95. The first-order chi connectivity index (χ1) is 9.41. The lowest BCUT2D eigenvalue weighted by atomic mass is 10.1. The van der Waals surface area contributed by atoms with Gasteiger partial charge in [-0.25, -0.2) is 8.42 Å². The Morgan fingerprint density at radius 3 is 2.85 bits per heavy atom. The van der Waals surface area contributed by atoms with Crippen molar-refractivity contribution >= 4 is 15.6 Å². The van der Waals surface area contributed by atoms with Gasteiger partial charge >= 0.3 is 0 Å². The second-order valence-electron chi connectivity index (χ2n) is 5.09. The second kappa shape index (κ2) is 5.93. The number of hydrogen-bond donors (Lipinski definition) is 0. The predicted octanol–water partition coefficient (Wildman–Crippen LogP) is 0.997. The fraction of sp³-hybridized carbons (Fsp3) is 0.500. The van der Waals surface area contributed by atoms with Crippen molar-refractivity contribution < 1.29 is 17.9 Å². The highest BCUT2D eigenvalue weighted by atomic mass is 32.2. The van der Waals surface area contributed by atoms with E-state index in [9.17, 15) is 13.2 Å². The normalized spacial score (nSPS) is 22.4. The molecular formula is C14H19NO4S. The molecule has 0 saturated carbocycles. The van der Waals surface area contributed by atoms with Crippen LogP contribution >= 0.6 is 0 Å². The van der Waals surface area contributed by atoms with E-state index in [-0.39, 0.29) is 29.9 Å². The molecule has 0 spiro atoms. The van der Waals surface area contributed by atoms with Crippen LogP contribution in [0.4, 0.5) is 0 Å². The molecule has 110 valence electrons. The van der Waals surface area contributed by atoms with E-state index in [1.165, 1.54) is 0 Å². The summed E-state index contributed by atoms with van der Waals surface area (Å²) in [6.07, 6.45) is 0. The molecule has 0 N–H and O–H groups in total. The van der Waals surface area contributed by atoms with Gasteiger partial charge in [-0.3, -0.25) is 9.69 Å². The van der Waals surface area contributed by atoms with Gasteiger partial charge in [0.2, 0.25) is 0 Å². The standard InChI is InChI=1S/C14H19NO4S/c1-11-10-20(17,18)7-6-15(11)9-14(16)12-4-3-5-13(8-12)19-2/h3-5,8,11H,6-7,9-10H2,1-2H3. The quantitative estimate of drug-likeness (QED) is 0.776. The van der Waals surface area contributed by atoms with Crippen molar-refractivity contribution in [3.8, 4) is 5.75 Å². The third-order valence-electron chi connectivity index (χ3n) is 3.55. The molecule has 1 aliphatic heterocycles. The molecule has 1 aliphatic rings. The summed E-state index contributed by atoms with van der Waals surface area (Å²) in [5.41, 5.74) is 0.588. The summed E-state index contributed by atoms with van der Waals surface area (Å²) >= 11 is 0. The Bertz CT molecular complexity index is 597. The van der Waals surface area contributed by atoms with Crippen LogP contribution in [0.5, 0.6) is 5.75 Å². The summed E-state index contributed by atoms with van der Waals surface area (Å²) in [6, 6.07) is 6.88. The molecular weight excluding hydrogens is 278 g/mol. The van der Waals surface area contributed by atoms with Crippen LogP contribution in [0.1, 0.15) is 17.3 Å². The van der Waals surface area contributed by atoms with E-state index < -0.39 is 9.84 Å². The highest BCUT2D eigenvalue weighted by Crippen LogP contribution is 2.16. The van der Waals surface area contributed by atoms with Crippen molar-refractivity contribution in [1.29, 1.82) is 0 Å². The maximum Gasteiger partial charge on any atom is 0.176 e. The second-order valence-corrected chi connectivity index (χ2v) is 7.32.